The molecule has 0 spiro atoms. The molecule has 2 aromatic heterocycles. The summed E-state index contributed by atoms with van der Waals surface area (Å²) >= 11 is 1.06. The van der Waals surface area contributed by atoms with Gasteiger partial charge in [0.25, 0.3) is 0 Å². The number of rotatable bonds is 7. The Morgan fingerprint density at radius 1 is 1.48 bits per heavy atom. The van der Waals surface area contributed by atoms with E-state index in [4.69, 9.17) is 5.73 Å². The molecule has 3 N–H and O–H groups in total. The Hall–Kier alpha value is -1.68. The van der Waals surface area contributed by atoms with Crippen molar-refractivity contribution in [3.63, 3.8) is 0 Å². The van der Waals surface area contributed by atoms with Crippen LogP contribution in [0.15, 0.2) is 11.2 Å². The van der Waals surface area contributed by atoms with E-state index in [2.05, 4.69) is 19.9 Å². The predicted molar refractivity (Wildman–Crippen MR) is 82.1 cm³/mol. The van der Waals surface area contributed by atoms with E-state index in [0.717, 1.165) is 17.4 Å². The van der Waals surface area contributed by atoms with Crippen LogP contribution in [-0.2, 0) is 23.3 Å². The van der Waals surface area contributed by atoms with E-state index in [-0.39, 0.29) is 16.5 Å². The number of nitrogens with two attached hydrogens (primary N) is 1. The van der Waals surface area contributed by atoms with E-state index in [1.807, 2.05) is 18.5 Å². The highest BCUT2D eigenvalue weighted by molar-refractivity contribution is 7.91. The van der Waals surface area contributed by atoms with E-state index in [0.29, 0.717) is 24.4 Å². The maximum Gasteiger partial charge on any atom is 0.185 e. The zero-order valence-electron chi connectivity index (χ0n) is 11.9. The first-order valence-corrected chi connectivity index (χ1v) is 8.93. The van der Waals surface area contributed by atoms with Gasteiger partial charge in [0, 0.05) is 20.0 Å². The van der Waals surface area contributed by atoms with Gasteiger partial charge in [0.15, 0.2) is 15.7 Å². The molecule has 0 atom stereocenters. The largest absolute Gasteiger partial charge is 0.382 e. The Bertz CT molecular complexity index is 706. The molecule has 0 fully saturated rings. The number of sulfone groups is 1. The van der Waals surface area contributed by atoms with Crippen LogP contribution in [-0.4, -0.2) is 39.9 Å². The first-order valence-electron chi connectivity index (χ1n) is 6.50. The summed E-state index contributed by atoms with van der Waals surface area (Å²) in [5.74, 6) is 0.945. The van der Waals surface area contributed by atoms with Crippen LogP contribution in [0.2, 0.25) is 0 Å². The second-order valence-electron chi connectivity index (χ2n) is 4.58. The van der Waals surface area contributed by atoms with E-state index >= 15 is 0 Å². The minimum absolute atomic E-state index is 0.0631. The zero-order valence-corrected chi connectivity index (χ0v) is 13.5. The molecule has 0 bridgehead atoms. The first-order chi connectivity index (χ1) is 9.95. The SMILES string of the molecule is CCCS(=O)(=O)c1c(N)nsc1NCCc1nncn1C. The summed E-state index contributed by atoms with van der Waals surface area (Å²) in [6.45, 7) is 2.34. The number of hydrogen-bond donors (Lipinski definition) is 2. The number of nitrogens with zero attached hydrogens (tertiary/aromatic N) is 4. The average molecular weight is 330 g/mol. The number of nitrogens with one attached hydrogen (secondary N) is 1. The van der Waals surface area contributed by atoms with Crippen molar-refractivity contribution in [3.8, 4) is 0 Å². The van der Waals surface area contributed by atoms with Gasteiger partial charge in [-0.1, -0.05) is 6.92 Å². The molecule has 0 radical (unpaired) electrons. The van der Waals surface area contributed by atoms with Gasteiger partial charge in [-0.05, 0) is 18.0 Å². The van der Waals surface area contributed by atoms with Crippen LogP contribution in [0.4, 0.5) is 10.8 Å². The highest BCUT2D eigenvalue weighted by atomic mass is 32.2. The normalized spacial score (nSPS) is 11.7. The smallest absolute Gasteiger partial charge is 0.185 e. The van der Waals surface area contributed by atoms with Crippen molar-refractivity contribution in [1.29, 1.82) is 0 Å². The van der Waals surface area contributed by atoms with Crippen LogP contribution in [0.5, 0.6) is 0 Å². The molecule has 21 heavy (non-hydrogen) atoms. The van der Waals surface area contributed by atoms with Gasteiger partial charge in [-0.3, -0.25) is 0 Å². The second kappa shape index (κ2) is 6.39. The Balaban J connectivity index is 2.09. The molecule has 0 aromatic carbocycles. The van der Waals surface area contributed by atoms with Gasteiger partial charge in [-0.25, -0.2) is 8.42 Å². The lowest BCUT2D eigenvalue weighted by atomic mass is 10.4. The molecule has 0 saturated carbocycles. The number of aromatic nitrogens is 4. The molecule has 0 aliphatic heterocycles. The standard InChI is InChI=1S/C11H18N6O2S2/c1-3-6-21(18,19)9-10(12)16-20-11(9)13-5-4-8-15-14-7-17(8)2/h7,13H,3-6H2,1-2H3,(H2,12,16). The van der Waals surface area contributed by atoms with Gasteiger partial charge in [0.05, 0.1) is 5.75 Å². The maximum absolute atomic E-state index is 12.2. The number of anilines is 2. The molecule has 0 unspecified atom stereocenters. The number of hydrogen-bond acceptors (Lipinski definition) is 8. The molecule has 2 aromatic rings. The third-order valence-corrected chi connectivity index (χ3v) is 5.83. The highest BCUT2D eigenvalue weighted by Gasteiger charge is 2.24. The number of nitrogen functional groups attached to an aromatic ring is 1. The van der Waals surface area contributed by atoms with Gasteiger partial charge in [0.1, 0.15) is 22.0 Å². The molecule has 0 amide bonds. The lowest BCUT2D eigenvalue weighted by molar-refractivity contribution is 0.595. The van der Waals surface area contributed by atoms with Crippen molar-refractivity contribution in [2.75, 3.05) is 23.3 Å². The molecular weight excluding hydrogens is 312 g/mol. The second-order valence-corrected chi connectivity index (χ2v) is 7.40. The van der Waals surface area contributed by atoms with Crippen molar-refractivity contribution >= 4 is 32.2 Å². The zero-order chi connectivity index (χ0) is 15.5. The minimum atomic E-state index is -3.39. The summed E-state index contributed by atoms with van der Waals surface area (Å²) in [7, 11) is -1.54. The summed E-state index contributed by atoms with van der Waals surface area (Å²) in [6, 6.07) is 0. The summed E-state index contributed by atoms with van der Waals surface area (Å²) in [5, 5.41) is 11.3. The maximum atomic E-state index is 12.2. The summed E-state index contributed by atoms with van der Waals surface area (Å²) in [5.41, 5.74) is 5.70. The fraction of sp³-hybridized carbons (Fsp3) is 0.545. The van der Waals surface area contributed by atoms with Crippen molar-refractivity contribution in [2.24, 2.45) is 7.05 Å². The highest BCUT2D eigenvalue weighted by Crippen LogP contribution is 2.32. The molecule has 116 valence electrons. The predicted octanol–water partition coefficient (Wildman–Crippen LogP) is 0.692. The Morgan fingerprint density at radius 2 is 2.24 bits per heavy atom. The van der Waals surface area contributed by atoms with E-state index in [1.165, 1.54) is 0 Å². The van der Waals surface area contributed by atoms with Crippen LogP contribution in [0.1, 0.15) is 19.2 Å². The van der Waals surface area contributed by atoms with Crippen LogP contribution in [0, 0.1) is 0 Å². The molecule has 0 aliphatic carbocycles. The Kier molecular flexibility index (Phi) is 4.78. The van der Waals surface area contributed by atoms with Crippen LogP contribution >= 0.6 is 11.5 Å². The van der Waals surface area contributed by atoms with Gasteiger partial charge < -0.3 is 15.6 Å². The van der Waals surface area contributed by atoms with E-state index < -0.39 is 9.84 Å². The quantitative estimate of drug-likeness (QED) is 0.767. The average Bonchev–Trinajstić information content (AvgIpc) is 2.97. The minimum Gasteiger partial charge on any atom is -0.382 e. The summed E-state index contributed by atoms with van der Waals surface area (Å²) in [6.07, 6.45) is 2.79. The van der Waals surface area contributed by atoms with E-state index in [9.17, 15) is 8.42 Å². The van der Waals surface area contributed by atoms with Crippen molar-refractivity contribution < 1.29 is 8.42 Å². The number of aryl methyl sites for hydroxylation is 1. The van der Waals surface area contributed by atoms with Crippen LogP contribution < -0.4 is 11.1 Å². The van der Waals surface area contributed by atoms with Crippen molar-refractivity contribution in [3.05, 3.63) is 12.2 Å². The third-order valence-electron chi connectivity index (χ3n) is 2.90. The summed E-state index contributed by atoms with van der Waals surface area (Å²) < 4.78 is 30.2. The molecule has 2 heterocycles. The molecular formula is C11H18N6O2S2. The van der Waals surface area contributed by atoms with Gasteiger partial charge >= 0.3 is 0 Å². The van der Waals surface area contributed by atoms with E-state index in [1.54, 1.807) is 6.33 Å². The van der Waals surface area contributed by atoms with Crippen LogP contribution in [0.25, 0.3) is 0 Å². The fourth-order valence-corrected chi connectivity index (χ4v) is 4.55. The molecule has 0 saturated heterocycles. The monoisotopic (exact) mass is 330 g/mol. The Morgan fingerprint density at radius 3 is 2.86 bits per heavy atom. The lowest BCUT2D eigenvalue weighted by Gasteiger charge is -2.07. The summed E-state index contributed by atoms with van der Waals surface area (Å²) in [4.78, 5) is 0.118. The van der Waals surface area contributed by atoms with Gasteiger partial charge in [-0.15, -0.1) is 10.2 Å². The fourth-order valence-electron chi connectivity index (χ4n) is 1.90. The van der Waals surface area contributed by atoms with Crippen molar-refractivity contribution in [1.82, 2.24) is 19.1 Å². The van der Waals surface area contributed by atoms with Gasteiger partial charge in [-0.2, -0.15) is 4.37 Å². The Labute approximate surface area is 127 Å². The molecule has 8 nitrogen and oxygen atoms in total. The lowest BCUT2D eigenvalue weighted by Crippen LogP contribution is -2.13. The first kappa shape index (κ1) is 15.7. The molecule has 0 aliphatic rings. The topological polar surface area (TPSA) is 116 Å². The molecule has 10 heteroatoms. The van der Waals surface area contributed by atoms with Crippen LogP contribution in [0.3, 0.4) is 0 Å². The third kappa shape index (κ3) is 3.50. The van der Waals surface area contributed by atoms with Crippen molar-refractivity contribution in [2.45, 2.75) is 24.7 Å². The van der Waals surface area contributed by atoms with Gasteiger partial charge in [0.2, 0.25) is 0 Å². The molecule has 2 rings (SSSR count).